The Hall–Kier alpha value is -2.87. The van der Waals surface area contributed by atoms with Crippen LogP contribution in [0.25, 0.3) is 0 Å². The van der Waals surface area contributed by atoms with Crippen molar-refractivity contribution in [2.75, 3.05) is 6.54 Å². The van der Waals surface area contributed by atoms with E-state index in [0.29, 0.717) is 6.54 Å². The van der Waals surface area contributed by atoms with Crippen molar-refractivity contribution in [3.63, 3.8) is 0 Å². The molecule has 136 valence electrons. The molecule has 2 saturated heterocycles. The van der Waals surface area contributed by atoms with E-state index < -0.39 is 5.91 Å². The topological polar surface area (TPSA) is 96.7 Å². The summed E-state index contributed by atoms with van der Waals surface area (Å²) in [6, 6.07) is 11.1. The Morgan fingerprint density at radius 1 is 1.15 bits per heavy atom. The van der Waals surface area contributed by atoms with E-state index in [-0.39, 0.29) is 30.0 Å². The van der Waals surface area contributed by atoms with Crippen LogP contribution in [-0.4, -0.2) is 40.7 Å². The number of ether oxygens (including phenoxy) is 1. The van der Waals surface area contributed by atoms with Crippen LogP contribution >= 0.6 is 0 Å². The molecule has 1 aromatic carbocycles. The summed E-state index contributed by atoms with van der Waals surface area (Å²) in [6.07, 6.45) is 3.86. The third-order valence-electron chi connectivity index (χ3n) is 4.90. The van der Waals surface area contributed by atoms with Crippen LogP contribution in [0.2, 0.25) is 0 Å². The summed E-state index contributed by atoms with van der Waals surface area (Å²) in [5, 5.41) is 3.53. The fourth-order valence-electron chi connectivity index (χ4n) is 3.66. The van der Waals surface area contributed by atoms with Crippen molar-refractivity contribution in [2.45, 2.75) is 37.5 Å². The maximum atomic E-state index is 12.6. The van der Waals surface area contributed by atoms with Crippen molar-refractivity contribution in [3.8, 4) is 0 Å². The Kier molecular flexibility index (Phi) is 4.57. The van der Waals surface area contributed by atoms with Gasteiger partial charge in [0.05, 0.1) is 18.2 Å². The molecule has 2 aliphatic heterocycles. The monoisotopic (exact) mass is 356 g/mol. The average molecular weight is 356 g/mol. The second-order valence-corrected chi connectivity index (χ2v) is 6.48. The zero-order valence-corrected chi connectivity index (χ0v) is 14.1. The van der Waals surface area contributed by atoms with Gasteiger partial charge in [-0.3, -0.25) is 10.2 Å². The highest BCUT2D eigenvalue weighted by Gasteiger charge is 2.43. The predicted octanol–water partition coefficient (Wildman–Crippen LogP) is 2.02. The molecule has 8 heteroatoms. The van der Waals surface area contributed by atoms with E-state index in [9.17, 15) is 9.59 Å². The SMILES string of the molecule is O=C(NNC(=O)N1CCC[C@@H]2O[C@H](c3ccccc3)C[C@@H]21)c1ccon1. The van der Waals surface area contributed by atoms with Gasteiger partial charge >= 0.3 is 6.03 Å². The first kappa shape index (κ1) is 16.6. The lowest BCUT2D eigenvalue weighted by atomic mass is 9.96. The number of carbonyl (C=O) groups excluding carboxylic acids is 2. The summed E-state index contributed by atoms with van der Waals surface area (Å²) in [7, 11) is 0. The number of piperidine rings is 1. The first-order chi connectivity index (χ1) is 12.7. The molecule has 4 rings (SSSR count). The Morgan fingerprint density at radius 3 is 2.77 bits per heavy atom. The Bertz CT molecular complexity index is 765. The van der Waals surface area contributed by atoms with Crippen LogP contribution in [0, 0.1) is 0 Å². The number of fused-ring (bicyclic) bond motifs is 1. The molecule has 0 radical (unpaired) electrons. The van der Waals surface area contributed by atoms with Gasteiger partial charge < -0.3 is 14.2 Å². The largest absolute Gasteiger partial charge is 0.368 e. The highest BCUT2D eigenvalue weighted by molar-refractivity contribution is 5.93. The second kappa shape index (κ2) is 7.17. The smallest absolute Gasteiger partial charge is 0.336 e. The maximum absolute atomic E-state index is 12.6. The van der Waals surface area contributed by atoms with Crippen molar-refractivity contribution in [1.82, 2.24) is 20.9 Å². The Labute approximate surface area is 150 Å². The van der Waals surface area contributed by atoms with Crippen LogP contribution in [-0.2, 0) is 4.74 Å². The average Bonchev–Trinajstić information content (AvgIpc) is 3.35. The fourth-order valence-corrected chi connectivity index (χ4v) is 3.66. The van der Waals surface area contributed by atoms with Gasteiger partial charge in [0.1, 0.15) is 6.26 Å². The Balaban J connectivity index is 1.38. The molecular weight excluding hydrogens is 336 g/mol. The molecule has 1 aromatic heterocycles. The molecular formula is C18H20N4O4. The van der Waals surface area contributed by atoms with E-state index in [1.807, 2.05) is 30.3 Å². The number of nitrogens with one attached hydrogen (secondary N) is 2. The third-order valence-corrected chi connectivity index (χ3v) is 4.90. The summed E-state index contributed by atoms with van der Waals surface area (Å²) in [5.74, 6) is -0.523. The lowest BCUT2D eigenvalue weighted by Gasteiger charge is -2.36. The number of hydrazine groups is 1. The highest BCUT2D eigenvalue weighted by Crippen LogP contribution is 2.39. The first-order valence-corrected chi connectivity index (χ1v) is 8.70. The molecule has 3 atom stereocenters. The van der Waals surface area contributed by atoms with Gasteiger partial charge in [-0.2, -0.15) is 0 Å². The summed E-state index contributed by atoms with van der Waals surface area (Å²) in [5.41, 5.74) is 6.05. The van der Waals surface area contributed by atoms with E-state index in [1.165, 1.54) is 12.3 Å². The number of benzene rings is 1. The van der Waals surface area contributed by atoms with Crippen molar-refractivity contribution < 1.29 is 18.8 Å². The number of carbonyl (C=O) groups is 2. The van der Waals surface area contributed by atoms with Crippen LogP contribution in [0.3, 0.4) is 0 Å². The van der Waals surface area contributed by atoms with Crippen LogP contribution in [0.1, 0.15) is 41.4 Å². The molecule has 0 bridgehead atoms. The molecule has 3 heterocycles. The van der Waals surface area contributed by atoms with Gasteiger partial charge in [0.25, 0.3) is 5.91 Å². The summed E-state index contributed by atoms with van der Waals surface area (Å²) >= 11 is 0. The van der Waals surface area contributed by atoms with Crippen molar-refractivity contribution >= 4 is 11.9 Å². The molecule has 26 heavy (non-hydrogen) atoms. The standard InChI is InChI=1S/C18H20N4O4/c23-17(13-8-10-25-21-13)19-20-18(24)22-9-4-7-15-14(22)11-16(26-15)12-5-2-1-3-6-12/h1-3,5-6,8,10,14-16H,4,7,9,11H2,(H,19,23)(H,20,24)/t14-,15-,16-/m0/s1. The molecule has 2 aromatic rings. The maximum Gasteiger partial charge on any atom is 0.336 e. The minimum atomic E-state index is -0.523. The molecule has 0 saturated carbocycles. The second-order valence-electron chi connectivity index (χ2n) is 6.48. The summed E-state index contributed by atoms with van der Waals surface area (Å²) in [6.45, 7) is 0.637. The van der Waals surface area contributed by atoms with Crippen LogP contribution in [0.15, 0.2) is 47.2 Å². The number of likely N-dealkylation sites (tertiary alicyclic amines) is 1. The zero-order chi connectivity index (χ0) is 17.9. The molecule has 2 N–H and O–H groups in total. The molecule has 0 spiro atoms. The van der Waals surface area contributed by atoms with E-state index in [4.69, 9.17) is 4.74 Å². The van der Waals surface area contributed by atoms with Gasteiger partial charge in [-0.25, -0.2) is 10.2 Å². The lowest BCUT2D eigenvalue weighted by Crippen LogP contribution is -2.56. The van der Waals surface area contributed by atoms with Gasteiger partial charge in [0.15, 0.2) is 5.69 Å². The van der Waals surface area contributed by atoms with Crippen molar-refractivity contribution in [3.05, 3.63) is 53.9 Å². The third kappa shape index (κ3) is 3.28. The fraction of sp³-hybridized carbons (Fsp3) is 0.389. The number of hydrogen-bond donors (Lipinski definition) is 2. The quantitative estimate of drug-likeness (QED) is 0.803. The minimum absolute atomic E-state index is 0.00194. The van der Waals surface area contributed by atoms with Crippen LogP contribution in [0.4, 0.5) is 4.79 Å². The molecule has 3 amide bonds. The zero-order valence-electron chi connectivity index (χ0n) is 14.1. The number of urea groups is 1. The minimum Gasteiger partial charge on any atom is -0.368 e. The number of nitrogens with zero attached hydrogens (tertiary/aromatic N) is 2. The van der Waals surface area contributed by atoms with Gasteiger partial charge in [-0.05, 0) is 18.4 Å². The van der Waals surface area contributed by atoms with Crippen molar-refractivity contribution in [2.24, 2.45) is 0 Å². The summed E-state index contributed by atoms with van der Waals surface area (Å²) in [4.78, 5) is 26.2. The normalized spacial score (nSPS) is 24.8. The lowest BCUT2D eigenvalue weighted by molar-refractivity contribution is 0.00526. The van der Waals surface area contributed by atoms with Crippen molar-refractivity contribution in [1.29, 1.82) is 0 Å². The van der Waals surface area contributed by atoms with Crippen LogP contribution in [0.5, 0.6) is 0 Å². The number of aromatic nitrogens is 1. The van der Waals surface area contributed by atoms with Gasteiger partial charge in [-0.1, -0.05) is 35.5 Å². The van der Waals surface area contributed by atoms with Crippen LogP contribution < -0.4 is 10.9 Å². The van der Waals surface area contributed by atoms with E-state index in [2.05, 4.69) is 20.5 Å². The molecule has 2 fully saturated rings. The number of rotatable bonds is 2. The Morgan fingerprint density at radius 2 is 2.00 bits per heavy atom. The van der Waals surface area contributed by atoms with E-state index in [1.54, 1.807) is 4.90 Å². The first-order valence-electron chi connectivity index (χ1n) is 8.70. The highest BCUT2D eigenvalue weighted by atomic mass is 16.5. The number of amides is 3. The van der Waals surface area contributed by atoms with E-state index in [0.717, 1.165) is 24.8 Å². The number of hydrogen-bond acceptors (Lipinski definition) is 5. The molecule has 0 aliphatic carbocycles. The van der Waals surface area contributed by atoms with E-state index >= 15 is 0 Å². The van der Waals surface area contributed by atoms with Gasteiger partial charge in [0.2, 0.25) is 0 Å². The predicted molar refractivity (Wildman–Crippen MR) is 90.9 cm³/mol. The van der Waals surface area contributed by atoms with Gasteiger partial charge in [-0.15, -0.1) is 0 Å². The molecule has 2 aliphatic rings. The van der Waals surface area contributed by atoms with Gasteiger partial charge in [0, 0.05) is 19.0 Å². The molecule has 0 unspecified atom stereocenters. The molecule has 8 nitrogen and oxygen atoms in total. The summed E-state index contributed by atoms with van der Waals surface area (Å²) < 4.78 is 10.8.